The highest BCUT2D eigenvalue weighted by molar-refractivity contribution is 4.94. The summed E-state index contributed by atoms with van der Waals surface area (Å²) in [4.78, 5) is 0. The van der Waals surface area contributed by atoms with E-state index in [0.717, 1.165) is 18.9 Å². The van der Waals surface area contributed by atoms with E-state index >= 15 is 0 Å². The van der Waals surface area contributed by atoms with E-state index in [-0.39, 0.29) is 0 Å². The molecule has 0 aliphatic heterocycles. The lowest BCUT2D eigenvalue weighted by atomic mass is 10.0. The van der Waals surface area contributed by atoms with Crippen LogP contribution in [0, 0.1) is 5.41 Å². The third-order valence-corrected chi connectivity index (χ3v) is 3.16. The van der Waals surface area contributed by atoms with Crippen molar-refractivity contribution in [1.82, 2.24) is 25.5 Å². The number of nitrogens with zero attached hydrogens (tertiary/aromatic N) is 4. The third-order valence-electron chi connectivity index (χ3n) is 3.16. The molecule has 1 aromatic heterocycles. The molecule has 0 atom stereocenters. The van der Waals surface area contributed by atoms with Crippen molar-refractivity contribution in [1.29, 1.82) is 0 Å². The van der Waals surface area contributed by atoms with Gasteiger partial charge in [0.05, 0.1) is 13.1 Å². The second-order valence-corrected chi connectivity index (χ2v) is 4.53. The fourth-order valence-electron chi connectivity index (χ4n) is 2.14. The number of tetrazole rings is 1. The molecule has 0 radical (unpaired) electrons. The molecule has 1 N–H and O–H groups in total. The maximum atomic E-state index is 4.06. The van der Waals surface area contributed by atoms with E-state index in [0.29, 0.717) is 5.41 Å². The Kier molecular flexibility index (Phi) is 3.00. The van der Waals surface area contributed by atoms with Crippen LogP contribution in [0.3, 0.4) is 0 Å². The van der Waals surface area contributed by atoms with E-state index in [1.807, 2.05) is 11.7 Å². The summed E-state index contributed by atoms with van der Waals surface area (Å²) in [5, 5.41) is 14.9. The van der Waals surface area contributed by atoms with E-state index in [2.05, 4.69) is 27.8 Å². The Morgan fingerprint density at radius 3 is 2.87 bits per heavy atom. The minimum absolute atomic E-state index is 0.507. The Morgan fingerprint density at radius 1 is 1.47 bits per heavy atom. The van der Waals surface area contributed by atoms with Gasteiger partial charge >= 0.3 is 0 Å². The van der Waals surface area contributed by atoms with Gasteiger partial charge < -0.3 is 5.32 Å². The van der Waals surface area contributed by atoms with E-state index < -0.39 is 0 Å². The zero-order valence-electron chi connectivity index (χ0n) is 9.53. The molecule has 2 rings (SSSR count). The van der Waals surface area contributed by atoms with Crippen molar-refractivity contribution in [2.24, 2.45) is 5.41 Å². The fraction of sp³-hybridized carbons (Fsp3) is 0.900. The summed E-state index contributed by atoms with van der Waals surface area (Å²) in [5.74, 6) is 0.944. The highest BCUT2D eigenvalue weighted by Crippen LogP contribution is 2.50. The van der Waals surface area contributed by atoms with E-state index in [1.165, 1.54) is 25.7 Å². The van der Waals surface area contributed by atoms with Gasteiger partial charge in [0.1, 0.15) is 0 Å². The molecule has 0 spiro atoms. The molecule has 5 heteroatoms. The van der Waals surface area contributed by atoms with Crippen molar-refractivity contribution in [3.63, 3.8) is 0 Å². The molecule has 0 saturated heterocycles. The molecule has 1 heterocycles. The lowest BCUT2D eigenvalue weighted by Crippen LogP contribution is -2.18. The van der Waals surface area contributed by atoms with Crippen LogP contribution in [0.25, 0.3) is 0 Å². The summed E-state index contributed by atoms with van der Waals surface area (Å²) in [5.41, 5.74) is 0.507. The predicted molar refractivity (Wildman–Crippen MR) is 57.2 cm³/mol. The normalized spacial score (nSPS) is 18.0. The van der Waals surface area contributed by atoms with Crippen molar-refractivity contribution >= 4 is 0 Å². The molecule has 0 amide bonds. The van der Waals surface area contributed by atoms with Crippen LogP contribution in [0.5, 0.6) is 0 Å². The summed E-state index contributed by atoms with van der Waals surface area (Å²) in [6, 6.07) is 0. The van der Waals surface area contributed by atoms with Crippen LogP contribution in [0.4, 0.5) is 0 Å². The Bertz CT molecular complexity index is 315. The average molecular weight is 209 g/mol. The lowest BCUT2D eigenvalue weighted by Gasteiger charge is -2.14. The zero-order chi connectivity index (χ0) is 10.7. The van der Waals surface area contributed by atoms with Gasteiger partial charge in [0, 0.05) is 0 Å². The van der Waals surface area contributed by atoms with Crippen LogP contribution in [0.2, 0.25) is 0 Å². The van der Waals surface area contributed by atoms with Crippen molar-refractivity contribution in [3.05, 3.63) is 5.82 Å². The molecule has 15 heavy (non-hydrogen) atoms. The van der Waals surface area contributed by atoms with Crippen LogP contribution in [0.15, 0.2) is 0 Å². The minimum Gasteiger partial charge on any atom is -0.313 e. The summed E-state index contributed by atoms with van der Waals surface area (Å²) in [6.45, 7) is 3.98. The van der Waals surface area contributed by atoms with Gasteiger partial charge in [-0.2, -0.15) is 0 Å². The topological polar surface area (TPSA) is 55.6 Å². The largest absolute Gasteiger partial charge is 0.313 e. The molecule has 1 aliphatic rings. The summed E-state index contributed by atoms with van der Waals surface area (Å²) in [7, 11) is 1.91. The Hall–Kier alpha value is -0.970. The predicted octanol–water partition coefficient (Wildman–Crippen LogP) is 0.973. The first kappa shape index (κ1) is 10.5. The van der Waals surface area contributed by atoms with Crippen LogP contribution in [0.1, 0.15) is 38.4 Å². The van der Waals surface area contributed by atoms with E-state index in [9.17, 15) is 0 Å². The smallest absolute Gasteiger partial charge is 0.165 e. The van der Waals surface area contributed by atoms with Gasteiger partial charge in [-0.3, -0.25) is 0 Å². The standard InChI is InChI=1S/C10H19N5/c1-3-4-10(5-6-10)8-15-9(7-11-2)12-13-14-15/h11H,3-8H2,1-2H3. The van der Waals surface area contributed by atoms with E-state index in [4.69, 9.17) is 0 Å². The van der Waals surface area contributed by atoms with Gasteiger partial charge in [-0.25, -0.2) is 4.68 Å². The first-order valence-corrected chi connectivity index (χ1v) is 5.69. The van der Waals surface area contributed by atoms with Crippen molar-refractivity contribution in [2.75, 3.05) is 7.05 Å². The molecule has 1 saturated carbocycles. The monoisotopic (exact) mass is 209 g/mol. The molecular formula is C10H19N5. The second kappa shape index (κ2) is 4.26. The molecule has 1 fully saturated rings. The number of hydrogen-bond donors (Lipinski definition) is 1. The SMILES string of the molecule is CCCC1(Cn2nnnc2CNC)CC1. The fourth-order valence-corrected chi connectivity index (χ4v) is 2.14. The van der Waals surface area contributed by atoms with Crippen molar-refractivity contribution < 1.29 is 0 Å². The number of hydrogen-bond acceptors (Lipinski definition) is 4. The second-order valence-electron chi connectivity index (χ2n) is 4.53. The van der Waals surface area contributed by atoms with Crippen molar-refractivity contribution in [2.45, 2.75) is 45.7 Å². The summed E-state index contributed by atoms with van der Waals surface area (Å²) < 4.78 is 1.96. The molecule has 1 aliphatic carbocycles. The summed E-state index contributed by atoms with van der Waals surface area (Å²) >= 11 is 0. The molecule has 0 unspecified atom stereocenters. The Labute approximate surface area is 90.2 Å². The molecule has 0 bridgehead atoms. The van der Waals surface area contributed by atoms with Gasteiger partial charge in [-0.05, 0) is 42.2 Å². The number of nitrogens with one attached hydrogen (secondary N) is 1. The lowest BCUT2D eigenvalue weighted by molar-refractivity contribution is 0.354. The quantitative estimate of drug-likeness (QED) is 0.758. The molecule has 0 aromatic carbocycles. The molecule has 84 valence electrons. The third kappa shape index (κ3) is 2.34. The molecule has 5 nitrogen and oxygen atoms in total. The van der Waals surface area contributed by atoms with Gasteiger partial charge in [0.25, 0.3) is 0 Å². The van der Waals surface area contributed by atoms with Crippen LogP contribution < -0.4 is 5.32 Å². The maximum absolute atomic E-state index is 4.06. The molecule has 1 aromatic rings. The first-order valence-electron chi connectivity index (χ1n) is 5.69. The number of rotatable bonds is 6. The first-order chi connectivity index (χ1) is 7.29. The van der Waals surface area contributed by atoms with Gasteiger partial charge in [-0.15, -0.1) is 5.10 Å². The van der Waals surface area contributed by atoms with E-state index in [1.54, 1.807) is 0 Å². The van der Waals surface area contributed by atoms with Gasteiger partial charge in [0.15, 0.2) is 5.82 Å². The minimum atomic E-state index is 0.507. The highest BCUT2D eigenvalue weighted by atomic mass is 15.5. The Balaban J connectivity index is 2.00. The van der Waals surface area contributed by atoms with Gasteiger partial charge in [-0.1, -0.05) is 13.3 Å². The van der Waals surface area contributed by atoms with Crippen LogP contribution >= 0.6 is 0 Å². The van der Waals surface area contributed by atoms with Crippen LogP contribution in [-0.2, 0) is 13.1 Å². The van der Waals surface area contributed by atoms with Crippen molar-refractivity contribution in [3.8, 4) is 0 Å². The zero-order valence-corrected chi connectivity index (χ0v) is 9.53. The number of aromatic nitrogens is 4. The Morgan fingerprint density at radius 2 is 2.27 bits per heavy atom. The maximum Gasteiger partial charge on any atom is 0.165 e. The molecular weight excluding hydrogens is 190 g/mol. The highest BCUT2D eigenvalue weighted by Gasteiger charge is 2.42. The van der Waals surface area contributed by atoms with Gasteiger partial charge in [0.2, 0.25) is 0 Å². The summed E-state index contributed by atoms with van der Waals surface area (Å²) in [6.07, 6.45) is 5.22. The van der Waals surface area contributed by atoms with Crippen LogP contribution in [-0.4, -0.2) is 27.3 Å². The average Bonchev–Trinajstić information content (AvgIpc) is 2.83.